The van der Waals surface area contributed by atoms with Crippen LogP contribution in [0.3, 0.4) is 0 Å². The summed E-state index contributed by atoms with van der Waals surface area (Å²) >= 11 is 0. The van der Waals surface area contributed by atoms with E-state index in [1.54, 1.807) is 0 Å². The first kappa shape index (κ1) is 11.9. The number of rotatable bonds is 2. The summed E-state index contributed by atoms with van der Waals surface area (Å²) < 4.78 is 28.9. The molecule has 2 bridgehead atoms. The first-order valence-corrected chi connectivity index (χ1v) is 7.86. The zero-order valence-electron chi connectivity index (χ0n) is 9.91. The van der Waals surface area contributed by atoms with Crippen LogP contribution in [0.2, 0.25) is 0 Å². The van der Waals surface area contributed by atoms with Gasteiger partial charge in [0, 0.05) is 5.92 Å². The number of ketones is 1. The van der Waals surface area contributed by atoms with Gasteiger partial charge in [-0.2, -0.15) is 0 Å². The molecule has 0 aromatic carbocycles. The molecule has 1 aromatic rings. The van der Waals surface area contributed by atoms with Crippen molar-refractivity contribution in [1.82, 2.24) is 5.16 Å². The van der Waals surface area contributed by atoms with E-state index in [-0.39, 0.29) is 22.2 Å². The molecule has 0 amide bonds. The number of aromatic nitrogens is 1. The Morgan fingerprint density at radius 2 is 1.94 bits per heavy atom. The van der Waals surface area contributed by atoms with Crippen molar-refractivity contribution in [3.05, 3.63) is 18.0 Å². The van der Waals surface area contributed by atoms with Crippen molar-refractivity contribution in [2.75, 3.05) is 0 Å². The maximum Gasteiger partial charge on any atom is 0.170 e. The van der Waals surface area contributed by atoms with Crippen LogP contribution in [0.5, 0.6) is 0 Å². The summed E-state index contributed by atoms with van der Waals surface area (Å²) in [6.45, 7) is 0. The van der Waals surface area contributed by atoms with Crippen molar-refractivity contribution in [2.45, 2.75) is 42.6 Å². The Morgan fingerprint density at radius 3 is 2.50 bits per heavy atom. The summed E-state index contributed by atoms with van der Waals surface area (Å²) in [5.41, 5.74) is 0.456. The van der Waals surface area contributed by atoms with Crippen molar-refractivity contribution in [2.24, 2.45) is 5.92 Å². The summed E-state index contributed by atoms with van der Waals surface area (Å²) in [5, 5.41) is 2.88. The van der Waals surface area contributed by atoms with Gasteiger partial charge in [0.25, 0.3) is 0 Å². The minimum absolute atomic E-state index is 0.0250. The van der Waals surface area contributed by atoms with E-state index in [0.717, 1.165) is 6.42 Å². The molecule has 18 heavy (non-hydrogen) atoms. The SMILES string of the molecule is O=C(c1cnoc1)C1CC2CCCC(C1)S2(=O)=O. The first-order valence-electron chi connectivity index (χ1n) is 6.25. The quantitative estimate of drug-likeness (QED) is 0.762. The van der Waals surface area contributed by atoms with Gasteiger partial charge in [-0.25, -0.2) is 8.42 Å². The molecule has 0 radical (unpaired) electrons. The standard InChI is InChI=1S/C12H15NO4S/c14-12(9-6-13-17-7-9)8-4-10-2-1-3-11(5-8)18(10,15)16/h6-8,10-11H,1-5H2. The molecule has 2 fully saturated rings. The molecule has 2 saturated heterocycles. The fourth-order valence-corrected chi connectivity index (χ4v) is 5.72. The predicted octanol–water partition coefficient (Wildman–Crippen LogP) is 1.60. The molecule has 5 nitrogen and oxygen atoms in total. The second-order valence-electron chi connectivity index (χ2n) is 5.21. The monoisotopic (exact) mass is 269 g/mol. The molecule has 1 aromatic heterocycles. The third-order valence-corrected chi connectivity index (χ3v) is 6.88. The molecule has 0 spiro atoms. The second kappa shape index (κ2) is 4.19. The minimum atomic E-state index is -2.99. The van der Waals surface area contributed by atoms with Crippen LogP contribution in [0.15, 0.2) is 17.0 Å². The van der Waals surface area contributed by atoms with Crippen LogP contribution in [0.1, 0.15) is 42.5 Å². The molecule has 0 N–H and O–H groups in total. The number of carbonyl (C=O) groups excluding carboxylic acids is 1. The lowest BCUT2D eigenvalue weighted by Gasteiger charge is -2.37. The fourth-order valence-electron chi connectivity index (χ4n) is 3.19. The average molecular weight is 269 g/mol. The molecule has 3 heterocycles. The highest BCUT2D eigenvalue weighted by Crippen LogP contribution is 2.40. The highest BCUT2D eigenvalue weighted by atomic mass is 32.2. The number of Topliss-reactive ketones (excluding diaryl/α,β-unsaturated/α-hetero) is 1. The number of carbonyl (C=O) groups is 1. The lowest BCUT2D eigenvalue weighted by Crippen LogP contribution is -2.45. The van der Waals surface area contributed by atoms with Gasteiger partial charge in [-0.15, -0.1) is 0 Å². The van der Waals surface area contributed by atoms with Crippen LogP contribution in [-0.2, 0) is 9.84 Å². The zero-order chi connectivity index (χ0) is 12.8. The number of nitrogens with zero attached hydrogens (tertiary/aromatic N) is 1. The molecule has 0 saturated carbocycles. The van der Waals surface area contributed by atoms with Gasteiger partial charge in [0.1, 0.15) is 6.26 Å². The van der Waals surface area contributed by atoms with E-state index in [4.69, 9.17) is 0 Å². The van der Waals surface area contributed by atoms with Gasteiger partial charge in [-0.3, -0.25) is 4.79 Å². The molecule has 0 aliphatic carbocycles. The lowest BCUT2D eigenvalue weighted by atomic mass is 9.85. The molecular formula is C12H15NO4S. The van der Waals surface area contributed by atoms with Gasteiger partial charge < -0.3 is 4.52 Å². The number of sulfone groups is 1. The van der Waals surface area contributed by atoms with Crippen molar-refractivity contribution in [3.8, 4) is 0 Å². The molecule has 2 aliphatic rings. The molecular weight excluding hydrogens is 254 g/mol. The van der Waals surface area contributed by atoms with Crippen molar-refractivity contribution < 1.29 is 17.7 Å². The predicted molar refractivity (Wildman–Crippen MR) is 63.9 cm³/mol. The van der Waals surface area contributed by atoms with Crippen molar-refractivity contribution in [3.63, 3.8) is 0 Å². The summed E-state index contributed by atoms with van der Waals surface area (Å²) in [6, 6.07) is 0. The molecule has 2 aliphatic heterocycles. The first-order chi connectivity index (χ1) is 8.59. The van der Waals surface area contributed by atoms with Crippen LogP contribution >= 0.6 is 0 Å². The minimum Gasteiger partial charge on any atom is -0.364 e. The normalized spacial score (nSPS) is 34.1. The Kier molecular flexibility index (Phi) is 2.77. The van der Waals surface area contributed by atoms with E-state index in [1.807, 2.05) is 0 Å². The maximum absolute atomic E-state index is 12.2. The van der Waals surface area contributed by atoms with E-state index < -0.39 is 9.84 Å². The van der Waals surface area contributed by atoms with Gasteiger partial charge in [-0.1, -0.05) is 11.6 Å². The van der Waals surface area contributed by atoms with Crippen LogP contribution in [0.4, 0.5) is 0 Å². The Balaban J connectivity index is 1.84. The van der Waals surface area contributed by atoms with Crippen molar-refractivity contribution in [1.29, 1.82) is 0 Å². The van der Waals surface area contributed by atoms with Gasteiger partial charge in [0.05, 0.1) is 22.3 Å². The number of fused-ring (bicyclic) bond motifs is 2. The molecule has 2 atom stereocenters. The van der Waals surface area contributed by atoms with Gasteiger partial charge in [-0.05, 0) is 25.7 Å². The van der Waals surface area contributed by atoms with E-state index >= 15 is 0 Å². The Hall–Kier alpha value is -1.17. The van der Waals surface area contributed by atoms with E-state index in [9.17, 15) is 13.2 Å². The van der Waals surface area contributed by atoms with Gasteiger partial charge in [0.15, 0.2) is 15.6 Å². The highest BCUT2D eigenvalue weighted by molar-refractivity contribution is 7.92. The van der Waals surface area contributed by atoms with Gasteiger partial charge >= 0.3 is 0 Å². The van der Waals surface area contributed by atoms with Crippen LogP contribution in [0, 0.1) is 5.92 Å². The average Bonchev–Trinajstić information content (AvgIpc) is 2.79. The van der Waals surface area contributed by atoms with Crippen LogP contribution in [-0.4, -0.2) is 29.9 Å². The third-order valence-electron chi connectivity index (χ3n) is 4.16. The Morgan fingerprint density at radius 1 is 1.28 bits per heavy atom. The Labute approximate surface area is 105 Å². The molecule has 98 valence electrons. The lowest BCUT2D eigenvalue weighted by molar-refractivity contribution is 0.0893. The maximum atomic E-state index is 12.2. The summed E-state index contributed by atoms with van der Waals surface area (Å²) in [4.78, 5) is 12.2. The third kappa shape index (κ3) is 1.79. The van der Waals surface area contributed by atoms with E-state index in [2.05, 4.69) is 9.68 Å². The smallest absolute Gasteiger partial charge is 0.170 e. The van der Waals surface area contributed by atoms with E-state index in [1.165, 1.54) is 12.5 Å². The summed E-state index contributed by atoms with van der Waals surface area (Å²) in [6.07, 6.45) is 6.02. The van der Waals surface area contributed by atoms with Gasteiger partial charge in [0.2, 0.25) is 0 Å². The Bertz CT molecular complexity index is 529. The second-order valence-corrected chi connectivity index (χ2v) is 7.72. The van der Waals surface area contributed by atoms with Crippen LogP contribution in [0.25, 0.3) is 0 Å². The highest BCUT2D eigenvalue weighted by Gasteiger charge is 2.46. The zero-order valence-corrected chi connectivity index (χ0v) is 10.7. The summed E-state index contributed by atoms with van der Waals surface area (Å²) in [5.74, 6) is -0.216. The molecule has 3 rings (SSSR count). The topological polar surface area (TPSA) is 77.2 Å². The molecule has 2 unspecified atom stereocenters. The fraction of sp³-hybridized carbons (Fsp3) is 0.667. The largest absolute Gasteiger partial charge is 0.364 e. The number of hydrogen-bond donors (Lipinski definition) is 0. The number of hydrogen-bond acceptors (Lipinski definition) is 5. The van der Waals surface area contributed by atoms with Crippen LogP contribution < -0.4 is 0 Å². The van der Waals surface area contributed by atoms with Crippen molar-refractivity contribution >= 4 is 15.6 Å². The molecule has 6 heteroatoms. The summed E-state index contributed by atoms with van der Waals surface area (Å²) in [7, 11) is -2.99. The van der Waals surface area contributed by atoms with E-state index in [0.29, 0.717) is 31.2 Å².